The fraction of sp³-hybridized carbons (Fsp3) is 0.619. The van der Waals surface area contributed by atoms with Crippen molar-refractivity contribution >= 4 is 12.0 Å². The van der Waals surface area contributed by atoms with Crippen LogP contribution in [0, 0.1) is 17.8 Å². The fourth-order valence-electron chi connectivity index (χ4n) is 3.83. The van der Waals surface area contributed by atoms with Gasteiger partial charge in [0.15, 0.2) is 0 Å². The number of urea groups is 1. The Morgan fingerprint density at radius 2 is 1.74 bits per heavy atom. The average Bonchev–Trinajstić information content (AvgIpc) is 2.59. The van der Waals surface area contributed by atoms with Crippen molar-refractivity contribution in [3.05, 3.63) is 35.4 Å². The van der Waals surface area contributed by atoms with E-state index >= 15 is 0 Å². The molecule has 0 radical (unpaired) electrons. The second kappa shape index (κ2) is 9.74. The summed E-state index contributed by atoms with van der Waals surface area (Å²) in [7, 11) is 1.61. The normalized spacial score (nSPS) is 21.5. The minimum Gasteiger partial charge on any atom is -0.481 e. The van der Waals surface area contributed by atoms with E-state index < -0.39 is 11.9 Å². The maximum Gasteiger partial charge on any atom is 0.317 e. The Hall–Kier alpha value is -2.08. The lowest BCUT2D eigenvalue weighted by molar-refractivity contribution is -0.141. The zero-order valence-corrected chi connectivity index (χ0v) is 16.9. The summed E-state index contributed by atoms with van der Waals surface area (Å²) >= 11 is 0. The first-order valence-corrected chi connectivity index (χ1v) is 9.76. The van der Waals surface area contributed by atoms with E-state index in [1.807, 2.05) is 12.1 Å². The Bertz CT molecular complexity index is 622. The van der Waals surface area contributed by atoms with Crippen LogP contribution in [0.3, 0.4) is 0 Å². The Kier molecular flexibility index (Phi) is 7.66. The highest BCUT2D eigenvalue weighted by molar-refractivity contribution is 5.75. The predicted octanol–water partition coefficient (Wildman–Crippen LogP) is 3.03. The number of piperidine rings is 1. The van der Waals surface area contributed by atoms with Crippen molar-refractivity contribution in [1.82, 2.24) is 15.1 Å². The first kappa shape index (κ1) is 21.2. The number of amides is 2. The smallest absolute Gasteiger partial charge is 0.317 e. The SMILES string of the molecule is CC1CC(C)CN(Cc2ccc(CNC(=O)N(C)CC(C)C(=O)O)cc2)C1. The third kappa shape index (κ3) is 6.86. The third-order valence-electron chi connectivity index (χ3n) is 5.13. The van der Waals surface area contributed by atoms with E-state index in [1.54, 1.807) is 14.0 Å². The number of nitrogens with one attached hydrogen (secondary N) is 1. The summed E-state index contributed by atoms with van der Waals surface area (Å²) in [5.41, 5.74) is 2.32. The molecule has 3 unspecified atom stereocenters. The van der Waals surface area contributed by atoms with Gasteiger partial charge in [-0.15, -0.1) is 0 Å². The molecule has 0 spiro atoms. The lowest BCUT2D eigenvalue weighted by Gasteiger charge is -2.35. The summed E-state index contributed by atoms with van der Waals surface area (Å²) in [6, 6.07) is 8.09. The molecule has 6 nitrogen and oxygen atoms in total. The Morgan fingerprint density at radius 3 is 2.30 bits per heavy atom. The highest BCUT2D eigenvalue weighted by Crippen LogP contribution is 2.22. The second-order valence-electron chi connectivity index (χ2n) is 8.24. The number of aliphatic carboxylic acids is 1. The Morgan fingerprint density at radius 1 is 1.19 bits per heavy atom. The lowest BCUT2D eigenvalue weighted by Crippen LogP contribution is -2.40. The summed E-state index contributed by atoms with van der Waals surface area (Å²) in [6.07, 6.45) is 1.31. The van der Waals surface area contributed by atoms with Crippen LogP contribution in [0.4, 0.5) is 4.79 Å². The first-order valence-electron chi connectivity index (χ1n) is 9.76. The van der Waals surface area contributed by atoms with Crippen LogP contribution in [0.5, 0.6) is 0 Å². The molecule has 0 aromatic heterocycles. The van der Waals surface area contributed by atoms with Crippen LogP contribution in [0.25, 0.3) is 0 Å². The van der Waals surface area contributed by atoms with Gasteiger partial charge in [0, 0.05) is 39.8 Å². The zero-order chi connectivity index (χ0) is 20.0. The third-order valence-corrected chi connectivity index (χ3v) is 5.13. The van der Waals surface area contributed by atoms with Gasteiger partial charge in [-0.2, -0.15) is 0 Å². The molecule has 3 atom stereocenters. The van der Waals surface area contributed by atoms with E-state index in [0.717, 1.165) is 37.0 Å². The van der Waals surface area contributed by atoms with Gasteiger partial charge in [0.25, 0.3) is 0 Å². The average molecular weight is 376 g/mol. The lowest BCUT2D eigenvalue weighted by atomic mass is 9.91. The minimum atomic E-state index is -0.900. The van der Waals surface area contributed by atoms with Crippen molar-refractivity contribution in [2.75, 3.05) is 26.7 Å². The van der Waals surface area contributed by atoms with E-state index in [0.29, 0.717) is 6.54 Å². The molecule has 1 aromatic carbocycles. The summed E-state index contributed by atoms with van der Waals surface area (Å²) in [5, 5.41) is 11.8. The molecule has 0 bridgehead atoms. The van der Waals surface area contributed by atoms with Crippen molar-refractivity contribution in [3.63, 3.8) is 0 Å². The van der Waals surface area contributed by atoms with Gasteiger partial charge in [-0.05, 0) is 29.4 Å². The van der Waals surface area contributed by atoms with Gasteiger partial charge < -0.3 is 15.3 Å². The molecule has 1 fully saturated rings. The Labute approximate surface area is 162 Å². The minimum absolute atomic E-state index is 0.187. The van der Waals surface area contributed by atoms with E-state index in [2.05, 4.69) is 36.2 Å². The van der Waals surface area contributed by atoms with E-state index in [-0.39, 0.29) is 12.6 Å². The molecular formula is C21H33N3O3. The molecule has 1 aliphatic rings. The van der Waals surface area contributed by atoms with Gasteiger partial charge >= 0.3 is 12.0 Å². The molecule has 1 saturated heterocycles. The van der Waals surface area contributed by atoms with Crippen molar-refractivity contribution in [1.29, 1.82) is 0 Å². The van der Waals surface area contributed by atoms with Crippen LogP contribution >= 0.6 is 0 Å². The second-order valence-corrected chi connectivity index (χ2v) is 8.24. The van der Waals surface area contributed by atoms with E-state index in [9.17, 15) is 9.59 Å². The van der Waals surface area contributed by atoms with Gasteiger partial charge in [0.05, 0.1) is 5.92 Å². The number of hydrogen-bond donors (Lipinski definition) is 2. The zero-order valence-electron chi connectivity index (χ0n) is 16.9. The maximum absolute atomic E-state index is 12.1. The number of carbonyl (C=O) groups is 2. The molecule has 1 heterocycles. The summed E-state index contributed by atoms with van der Waals surface area (Å²) in [6.45, 7) is 10.1. The standard InChI is InChI=1S/C21H33N3O3/c1-15-9-16(2)12-24(11-15)14-19-7-5-18(6-8-19)10-22-21(27)23(4)13-17(3)20(25)26/h5-8,15-17H,9-14H2,1-4H3,(H,22,27)(H,25,26). The van der Waals surface area contributed by atoms with Gasteiger partial charge in [0.2, 0.25) is 0 Å². The highest BCUT2D eigenvalue weighted by atomic mass is 16.4. The van der Waals surface area contributed by atoms with Crippen molar-refractivity contribution < 1.29 is 14.7 Å². The van der Waals surface area contributed by atoms with Crippen LogP contribution in [-0.2, 0) is 17.9 Å². The molecule has 2 rings (SSSR count). The fourth-order valence-corrected chi connectivity index (χ4v) is 3.83. The number of benzene rings is 1. The van der Waals surface area contributed by atoms with Crippen molar-refractivity contribution in [2.24, 2.45) is 17.8 Å². The van der Waals surface area contributed by atoms with Crippen molar-refractivity contribution in [3.8, 4) is 0 Å². The molecular weight excluding hydrogens is 342 g/mol. The molecule has 2 amide bonds. The van der Waals surface area contributed by atoms with Crippen LogP contribution in [0.1, 0.15) is 38.3 Å². The molecule has 6 heteroatoms. The Balaban J connectivity index is 1.80. The molecule has 0 aliphatic carbocycles. The van der Waals surface area contributed by atoms with Gasteiger partial charge in [-0.25, -0.2) is 4.79 Å². The topological polar surface area (TPSA) is 72.9 Å². The quantitative estimate of drug-likeness (QED) is 0.768. The molecule has 1 aromatic rings. The number of hydrogen-bond acceptors (Lipinski definition) is 3. The number of carboxylic acid groups (broad SMARTS) is 1. The molecule has 0 saturated carbocycles. The molecule has 1 aliphatic heterocycles. The van der Waals surface area contributed by atoms with Gasteiger partial charge in [-0.1, -0.05) is 45.0 Å². The van der Waals surface area contributed by atoms with Crippen molar-refractivity contribution in [2.45, 2.75) is 40.3 Å². The van der Waals surface area contributed by atoms with Gasteiger partial charge in [-0.3, -0.25) is 9.69 Å². The number of carboxylic acids is 1. The van der Waals surface area contributed by atoms with Crippen LogP contribution in [-0.4, -0.2) is 53.6 Å². The van der Waals surface area contributed by atoms with E-state index in [1.165, 1.54) is 16.9 Å². The number of rotatable bonds is 7. The predicted molar refractivity (Wildman–Crippen MR) is 106 cm³/mol. The molecule has 27 heavy (non-hydrogen) atoms. The first-order chi connectivity index (χ1) is 12.7. The monoisotopic (exact) mass is 375 g/mol. The number of carbonyl (C=O) groups excluding carboxylic acids is 1. The molecule has 150 valence electrons. The number of likely N-dealkylation sites (tertiary alicyclic amines) is 1. The highest BCUT2D eigenvalue weighted by Gasteiger charge is 2.21. The van der Waals surface area contributed by atoms with Crippen LogP contribution in [0.2, 0.25) is 0 Å². The maximum atomic E-state index is 12.1. The largest absolute Gasteiger partial charge is 0.481 e. The summed E-state index contributed by atoms with van der Waals surface area (Å²) < 4.78 is 0. The van der Waals surface area contributed by atoms with Crippen LogP contribution < -0.4 is 5.32 Å². The molecule has 2 N–H and O–H groups in total. The van der Waals surface area contributed by atoms with Crippen LogP contribution in [0.15, 0.2) is 24.3 Å². The van der Waals surface area contributed by atoms with E-state index in [4.69, 9.17) is 5.11 Å². The number of nitrogens with zero attached hydrogens (tertiary/aromatic N) is 2. The van der Waals surface area contributed by atoms with Gasteiger partial charge in [0.1, 0.15) is 0 Å². The summed E-state index contributed by atoms with van der Waals surface area (Å²) in [4.78, 5) is 26.9. The summed E-state index contributed by atoms with van der Waals surface area (Å²) in [5.74, 6) is 0.0242.